The molecule has 0 spiro atoms. The van der Waals surface area contributed by atoms with Crippen LogP contribution in [0.15, 0.2) is 24.3 Å². The maximum Gasteiger partial charge on any atom is 0.0377 e. The molecule has 0 aliphatic carbocycles. The Balaban J connectivity index is 1.46. The zero-order chi connectivity index (χ0) is 17.6. The van der Waals surface area contributed by atoms with Crippen LogP contribution in [0.3, 0.4) is 0 Å². The molecule has 3 fully saturated rings. The zero-order valence-electron chi connectivity index (χ0n) is 16.5. The minimum atomic E-state index is 0.640. The zero-order valence-corrected chi connectivity index (χ0v) is 16.5. The quantitative estimate of drug-likeness (QED) is 0.854. The summed E-state index contributed by atoms with van der Waals surface area (Å²) in [6.07, 6.45) is 11.0. The highest BCUT2D eigenvalue weighted by Crippen LogP contribution is 2.36. The van der Waals surface area contributed by atoms with Gasteiger partial charge in [-0.15, -0.1) is 0 Å². The van der Waals surface area contributed by atoms with Crippen molar-refractivity contribution in [1.29, 1.82) is 0 Å². The fourth-order valence-corrected chi connectivity index (χ4v) is 5.33. The molecule has 1 N–H and O–H groups in total. The van der Waals surface area contributed by atoms with Crippen LogP contribution in [0.5, 0.6) is 0 Å². The fourth-order valence-electron chi connectivity index (χ4n) is 5.33. The molecule has 26 heavy (non-hydrogen) atoms. The molecule has 144 valence electrons. The molecule has 3 aliphatic rings. The maximum absolute atomic E-state index is 3.55. The van der Waals surface area contributed by atoms with E-state index in [0.717, 1.165) is 12.5 Å². The largest absolute Gasteiger partial charge is 0.317 e. The van der Waals surface area contributed by atoms with Crippen molar-refractivity contribution in [2.45, 2.75) is 64.0 Å². The third kappa shape index (κ3) is 4.68. The topological polar surface area (TPSA) is 18.5 Å². The van der Waals surface area contributed by atoms with Crippen molar-refractivity contribution in [3.63, 3.8) is 0 Å². The SMILES string of the molecule is c1cc(C(C2CCNCC2)N2CCCCC2)ccc1CN1CCCCC1. The van der Waals surface area contributed by atoms with E-state index in [4.69, 9.17) is 0 Å². The smallest absolute Gasteiger partial charge is 0.0377 e. The van der Waals surface area contributed by atoms with Gasteiger partial charge in [0.25, 0.3) is 0 Å². The second kappa shape index (κ2) is 9.34. The monoisotopic (exact) mass is 355 g/mol. The minimum Gasteiger partial charge on any atom is -0.317 e. The van der Waals surface area contributed by atoms with Crippen molar-refractivity contribution in [3.05, 3.63) is 35.4 Å². The molecule has 4 rings (SSSR count). The third-order valence-electron chi connectivity index (χ3n) is 6.79. The Morgan fingerprint density at radius 1 is 0.808 bits per heavy atom. The van der Waals surface area contributed by atoms with Gasteiger partial charge in [-0.05, 0) is 94.8 Å². The first-order valence-corrected chi connectivity index (χ1v) is 11.2. The lowest BCUT2D eigenvalue weighted by Crippen LogP contribution is -2.41. The molecule has 3 saturated heterocycles. The Labute approximate surface area is 160 Å². The standard InChI is InChI=1S/C23H37N3/c1-3-15-25(16-4-1)19-20-7-9-21(10-8-20)23(22-11-13-24-14-12-22)26-17-5-2-6-18-26/h7-10,22-24H,1-6,11-19H2. The van der Waals surface area contributed by atoms with E-state index < -0.39 is 0 Å². The van der Waals surface area contributed by atoms with Gasteiger partial charge >= 0.3 is 0 Å². The van der Waals surface area contributed by atoms with Crippen LogP contribution in [-0.4, -0.2) is 49.1 Å². The summed E-state index contributed by atoms with van der Waals surface area (Å²) in [5, 5.41) is 3.55. The molecular weight excluding hydrogens is 318 g/mol. The first kappa shape index (κ1) is 18.5. The molecule has 3 nitrogen and oxygen atoms in total. The third-order valence-corrected chi connectivity index (χ3v) is 6.79. The molecular formula is C23H37N3. The molecule has 0 amide bonds. The lowest BCUT2D eigenvalue weighted by Gasteiger charge is -2.41. The van der Waals surface area contributed by atoms with E-state index in [1.807, 2.05) is 0 Å². The van der Waals surface area contributed by atoms with E-state index in [1.165, 1.54) is 96.2 Å². The molecule has 0 radical (unpaired) electrons. The van der Waals surface area contributed by atoms with Crippen LogP contribution in [-0.2, 0) is 6.54 Å². The summed E-state index contributed by atoms with van der Waals surface area (Å²) in [5.41, 5.74) is 3.07. The van der Waals surface area contributed by atoms with Crippen molar-refractivity contribution in [2.75, 3.05) is 39.3 Å². The van der Waals surface area contributed by atoms with Crippen molar-refractivity contribution >= 4 is 0 Å². The number of benzene rings is 1. The lowest BCUT2D eigenvalue weighted by atomic mass is 9.84. The Hall–Kier alpha value is -0.900. The van der Waals surface area contributed by atoms with Crippen LogP contribution < -0.4 is 5.32 Å². The van der Waals surface area contributed by atoms with Crippen molar-refractivity contribution in [1.82, 2.24) is 15.1 Å². The molecule has 1 atom stereocenters. The van der Waals surface area contributed by atoms with Crippen molar-refractivity contribution < 1.29 is 0 Å². The normalized spacial score (nSPS) is 25.2. The summed E-state index contributed by atoms with van der Waals surface area (Å²) >= 11 is 0. The highest BCUT2D eigenvalue weighted by molar-refractivity contribution is 5.26. The highest BCUT2D eigenvalue weighted by atomic mass is 15.2. The molecule has 3 aliphatic heterocycles. The summed E-state index contributed by atoms with van der Waals surface area (Å²) in [7, 11) is 0. The minimum absolute atomic E-state index is 0.640. The Morgan fingerprint density at radius 2 is 1.42 bits per heavy atom. The molecule has 1 unspecified atom stereocenters. The first-order chi connectivity index (χ1) is 12.9. The number of nitrogens with zero attached hydrogens (tertiary/aromatic N) is 2. The molecule has 3 heterocycles. The maximum atomic E-state index is 3.55. The van der Waals surface area contributed by atoms with Gasteiger partial charge in [0.05, 0.1) is 0 Å². The first-order valence-electron chi connectivity index (χ1n) is 11.2. The Kier molecular flexibility index (Phi) is 6.63. The van der Waals surface area contributed by atoms with E-state index in [0.29, 0.717) is 6.04 Å². The molecule has 1 aromatic rings. The fraction of sp³-hybridized carbons (Fsp3) is 0.739. The van der Waals surface area contributed by atoms with E-state index in [9.17, 15) is 0 Å². The van der Waals surface area contributed by atoms with Gasteiger partial charge in [-0.1, -0.05) is 37.1 Å². The van der Waals surface area contributed by atoms with Gasteiger partial charge in [0.15, 0.2) is 0 Å². The van der Waals surface area contributed by atoms with Crippen LogP contribution in [0.25, 0.3) is 0 Å². The number of hydrogen-bond acceptors (Lipinski definition) is 3. The number of nitrogens with one attached hydrogen (secondary N) is 1. The summed E-state index contributed by atoms with van der Waals surface area (Å²) < 4.78 is 0. The number of hydrogen-bond donors (Lipinski definition) is 1. The molecule has 0 aromatic heterocycles. The van der Waals surface area contributed by atoms with Gasteiger partial charge in [0, 0.05) is 12.6 Å². The molecule has 1 aromatic carbocycles. The van der Waals surface area contributed by atoms with E-state index in [-0.39, 0.29) is 0 Å². The van der Waals surface area contributed by atoms with Gasteiger partial charge in [-0.25, -0.2) is 0 Å². The number of rotatable bonds is 5. The molecule has 3 heteroatoms. The second-order valence-electron chi connectivity index (χ2n) is 8.71. The van der Waals surface area contributed by atoms with Gasteiger partial charge in [-0.3, -0.25) is 9.80 Å². The molecule has 0 bridgehead atoms. The average molecular weight is 356 g/mol. The van der Waals surface area contributed by atoms with Crippen LogP contribution in [0.2, 0.25) is 0 Å². The van der Waals surface area contributed by atoms with Gasteiger partial charge in [-0.2, -0.15) is 0 Å². The summed E-state index contributed by atoms with van der Waals surface area (Å²) in [6, 6.07) is 10.4. The second-order valence-corrected chi connectivity index (χ2v) is 8.71. The van der Waals surface area contributed by atoms with Crippen molar-refractivity contribution in [2.24, 2.45) is 5.92 Å². The number of piperidine rings is 3. The average Bonchev–Trinajstić information content (AvgIpc) is 2.72. The lowest BCUT2D eigenvalue weighted by molar-refractivity contribution is 0.0999. The van der Waals surface area contributed by atoms with E-state index in [1.54, 1.807) is 5.56 Å². The van der Waals surface area contributed by atoms with Crippen LogP contribution in [0, 0.1) is 5.92 Å². The van der Waals surface area contributed by atoms with Gasteiger partial charge in [0.1, 0.15) is 0 Å². The summed E-state index contributed by atoms with van der Waals surface area (Å²) in [4.78, 5) is 5.44. The highest BCUT2D eigenvalue weighted by Gasteiger charge is 2.30. The Bertz CT molecular complexity index is 505. The number of likely N-dealkylation sites (tertiary alicyclic amines) is 2. The Morgan fingerprint density at radius 3 is 2.08 bits per heavy atom. The predicted molar refractivity (Wildman–Crippen MR) is 109 cm³/mol. The summed E-state index contributed by atoms with van der Waals surface area (Å²) in [6.45, 7) is 8.70. The van der Waals surface area contributed by atoms with E-state index in [2.05, 4.69) is 39.4 Å². The van der Waals surface area contributed by atoms with Crippen LogP contribution >= 0.6 is 0 Å². The van der Waals surface area contributed by atoms with E-state index >= 15 is 0 Å². The molecule has 0 saturated carbocycles. The predicted octanol–water partition coefficient (Wildman–Crippen LogP) is 4.20. The van der Waals surface area contributed by atoms with Crippen LogP contribution in [0.1, 0.15) is 68.5 Å². The summed E-state index contributed by atoms with van der Waals surface area (Å²) in [5.74, 6) is 0.822. The van der Waals surface area contributed by atoms with Crippen molar-refractivity contribution in [3.8, 4) is 0 Å². The van der Waals surface area contributed by atoms with Gasteiger partial charge in [0.2, 0.25) is 0 Å². The van der Waals surface area contributed by atoms with Gasteiger partial charge < -0.3 is 5.32 Å². The van der Waals surface area contributed by atoms with Crippen LogP contribution in [0.4, 0.5) is 0 Å².